The van der Waals surface area contributed by atoms with Gasteiger partial charge >= 0.3 is 0 Å². The summed E-state index contributed by atoms with van der Waals surface area (Å²) in [5.41, 5.74) is 0. The molecule has 10 heavy (non-hydrogen) atoms. The van der Waals surface area contributed by atoms with Crippen LogP contribution in [0.4, 0.5) is 0 Å². The molecule has 0 fully saturated rings. The van der Waals surface area contributed by atoms with Crippen LogP contribution in [-0.4, -0.2) is 42.0 Å². The van der Waals surface area contributed by atoms with Crippen molar-refractivity contribution in [3.05, 3.63) is 0 Å². The summed E-state index contributed by atoms with van der Waals surface area (Å²) in [6.45, 7) is 2.84. The highest BCUT2D eigenvalue weighted by Crippen LogP contribution is 1.96. The maximum absolute atomic E-state index is 9.06. The number of hydrogen-bond acceptors (Lipinski definition) is 3. The van der Waals surface area contributed by atoms with E-state index in [0.717, 1.165) is 6.42 Å². The van der Waals surface area contributed by atoms with Crippen molar-refractivity contribution < 1.29 is 20.0 Å². The van der Waals surface area contributed by atoms with E-state index in [9.17, 15) is 0 Å². The molecule has 0 aromatic carbocycles. The van der Waals surface area contributed by atoms with Crippen LogP contribution in [0.1, 0.15) is 13.3 Å². The molecule has 0 aliphatic carbocycles. The molecule has 62 valence electrons. The number of hydrogen-bond donors (Lipinski definition) is 2. The van der Waals surface area contributed by atoms with E-state index in [1.807, 2.05) is 6.92 Å². The third-order valence-corrected chi connectivity index (χ3v) is 1.24. The highest BCUT2D eigenvalue weighted by molar-refractivity contribution is 4.24. The lowest BCUT2D eigenvalue weighted by atomic mass is 10.4. The molecular formula is C6H16NO3+. The zero-order valence-electron chi connectivity index (χ0n) is 6.58. The van der Waals surface area contributed by atoms with Gasteiger partial charge in [0.1, 0.15) is 13.2 Å². The van der Waals surface area contributed by atoms with Crippen molar-refractivity contribution in [3.8, 4) is 0 Å². The van der Waals surface area contributed by atoms with Crippen LogP contribution < -0.4 is 0 Å². The molecule has 0 spiro atoms. The molecule has 0 heterocycles. The summed E-state index contributed by atoms with van der Waals surface area (Å²) in [5, 5.41) is 18.1. The fraction of sp³-hybridized carbons (Fsp3) is 1.00. The van der Waals surface area contributed by atoms with Gasteiger partial charge in [-0.25, -0.2) is 0 Å². The number of ether oxygens (including phenoxy) is 1. The lowest BCUT2D eigenvalue weighted by molar-refractivity contribution is -1.24. The van der Waals surface area contributed by atoms with Gasteiger partial charge in [0, 0.05) is 7.11 Å². The lowest BCUT2D eigenvalue weighted by Crippen LogP contribution is -2.44. The Morgan fingerprint density at radius 1 is 1.30 bits per heavy atom. The number of hydroxylamine groups is 4. The van der Waals surface area contributed by atoms with Gasteiger partial charge < -0.3 is 4.74 Å². The van der Waals surface area contributed by atoms with Gasteiger partial charge in [-0.05, 0) is 11.2 Å². The highest BCUT2D eigenvalue weighted by atomic mass is 16.8. The first-order chi connectivity index (χ1) is 4.62. The summed E-state index contributed by atoms with van der Waals surface area (Å²) in [6.07, 6.45) is 0.747. The van der Waals surface area contributed by atoms with Crippen molar-refractivity contribution in [2.24, 2.45) is 0 Å². The van der Waals surface area contributed by atoms with Crippen LogP contribution in [-0.2, 0) is 4.74 Å². The van der Waals surface area contributed by atoms with Crippen LogP contribution in [0.5, 0.6) is 0 Å². The van der Waals surface area contributed by atoms with E-state index >= 15 is 0 Å². The molecule has 0 saturated heterocycles. The van der Waals surface area contributed by atoms with Crippen molar-refractivity contribution in [2.75, 3.05) is 26.8 Å². The van der Waals surface area contributed by atoms with Crippen molar-refractivity contribution in [1.29, 1.82) is 0 Å². The average Bonchev–Trinajstić information content (AvgIpc) is 1.84. The van der Waals surface area contributed by atoms with Crippen LogP contribution >= 0.6 is 0 Å². The molecule has 0 saturated carbocycles. The molecule has 2 N–H and O–H groups in total. The molecule has 4 heteroatoms. The second-order valence-electron chi connectivity index (χ2n) is 2.32. The predicted octanol–water partition coefficient (Wildman–Crippen LogP) is 0.638. The lowest BCUT2D eigenvalue weighted by Gasteiger charge is -2.19. The summed E-state index contributed by atoms with van der Waals surface area (Å²) < 4.78 is 4.69. The molecule has 0 aromatic heterocycles. The fourth-order valence-electron chi connectivity index (χ4n) is 0.707. The molecule has 0 atom stereocenters. The Kier molecular flexibility index (Phi) is 4.55. The molecule has 0 unspecified atom stereocenters. The second kappa shape index (κ2) is 4.62. The molecular weight excluding hydrogens is 134 g/mol. The maximum atomic E-state index is 9.06. The van der Waals surface area contributed by atoms with E-state index in [-0.39, 0.29) is 6.54 Å². The van der Waals surface area contributed by atoms with E-state index < -0.39 is 4.81 Å². The normalized spacial score (nSPS) is 12.0. The number of rotatable bonds is 5. The summed E-state index contributed by atoms with van der Waals surface area (Å²) in [7, 11) is 1.53. The van der Waals surface area contributed by atoms with Gasteiger partial charge in [-0.2, -0.15) is 10.4 Å². The minimum Gasteiger partial charge on any atom is -0.379 e. The smallest absolute Gasteiger partial charge is 0.165 e. The Hall–Kier alpha value is -0.160. The minimum atomic E-state index is -0.926. The van der Waals surface area contributed by atoms with Crippen molar-refractivity contribution >= 4 is 0 Å². The van der Waals surface area contributed by atoms with Gasteiger partial charge in [-0.3, -0.25) is 0 Å². The van der Waals surface area contributed by atoms with Crippen LogP contribution in [0.2, 0.25) is 0 Å². The van der Waals surface area contributed by atoms with E-state index in [4.69, 9.17) is 10.4 Å². The standard InChI is InChI=1S/C6H16NO3/c1-3-4-7(8,9)5-6-10-2/h8-9H,3-6H2,1-2H3/q+1. The first-order valence-corrected chi connectivity index (χ1v) is 3.44. The number of methoxy groups -OCH3 is 1. The zero-order chi connectivity index (χ0) is 8.04. The number of quaternary nitrogens is 1. The molecule has 0 amide bonds. The topological polar surface area (TPSA) is 49.7 Å². The van der Waals surface area contributed by atoms with Gasteiger partial charge in [0.15, 0.2) is 6.54 Å². The SMILES string of the molecule is CCC[N+](O)(O)CCOC. The molecule has 0 rings (SSSR count). The Morgan fingerprint density at radius 3 is 2.30 bits per heavy atom. The molecule has 0 aromatic rings. The Bertz CT molecular complexity index is 85.1. The van der Waals surface area contributed by atoms with Gasteiger partial charge in [-0.15, -0.1) is 0 Å². The quantitative estimate of drug-likeness (QED) is 0.446. The van der Waals surface area contributed by atoms with Crippen LogP contribution in [0, 0.1) is 0 Å². The van der Waals surface area contributed by atoms with E-state index in [0.29, 0.717) is 13.2 Å². The molecule has 0 aliphatic heterocycles. The van der Waals surface area contributed by atoms with E-state index in [1.54, 1.807) is 0 Å². The third-order valence-electron chi connectivity index (χ3n) is 1.24. The summed E-state index contributed by atoms with van der Waals surface area (Å²) in [4.78, 5) is -0.926. The predicted molar refractivity (Wildman–Crippen MR) is 35.7 cm³/mol. The molecule has 0 aliphatic rings. The largest absolute Gasteiger partial charge is 0.379 e. The zero-order valence-corrected chi connectivity index (χ0v) is 6.58. The molecule has 0 bridgehead atoms. The van der Waals surface area contributed by atoms with Gasteiger partial charge in [0.05, 0.1) is 0 Å². The second-order valence-corrected chi connectivity index (χ2v) is 2.32. The van der Waals surface area contributed by atoms with Crippen LogP contribution in [0.25, 0.3) is 0 Å². The molecule has 0 radical (unpaired) electrons. The summed E-state index contributed by atoms with van der Waals surface area (Å²) >= 11 is 0. The van der Waals surface area contributed by atoms with Gasteiger partial charge in [0.25, 0.3) is 0 Å². The summed E-state index contributed by atoms with van der Waals surface area (Å²) in [5.74, 6) is 0. The van der Waals surface area contributed by atoms with E-state index in [2.05, 4.69) is 4.74 Å². The highest BCUT2D eigenvalue weighted by Gasteiger charge is 2.19. The first-order valence-electron chi connectivity index (χ1n) is 3.44. The van der Waals surface area contributed by atoms with Gasteiger partial charge in [0.2, 0.25) is 0 Å². The monoisotopic (exact) mass is 150 g/mol. The average molecular weight is 150 g/mol. The number of nitrogens with zero attached hydrogens (tertiary/aromatic N) is 1. The first kappa shape index (κ1) is 9.84. The Labute approximate surface area is 61.1 Å². The van der Waals surface area contributed by atoms with Gasteiger partial charge in [-0.1, -0.05) is 6.92 Å². The third kappa shape index (κ3) is 4.69. The molecule has 4 nitrogen and oxygen atoms in total. The minimum absolute atomic E-state index is 0.227. The fourth-order valence-corrected chi connectivity index (χ4v) is 0.707. The van der Waals surface area contributed by atoms with Crippen molar-refractivity contribution in [1.82, 2.24) is 0 Å². The maximum Gasteiger partial charge on any atom is 0.165 e. The van der Waals surface area contributed by atoms with Crippen molar-refractivity contribution in [3.63, 3.8) is 0 Å². The van der Waals surface area contributed by atoms with Crippen LogP contribution in [0.15, 0.2) is 0 Å². The summed E-state index contributed by atoms with van der Waals surface area (Å²) in [6, 6.07) is 0. The van der Waals surface area contributed by atoms with Crippen molar-refractivity contribution in [2.45, 2.75) is 13.3 Å². The Balaban J connectivity index is 3.42. The Morgan fingerprint density at radius 2 is 1.90 bits per heavy atom. The van der Waals surface area contributed by atoms with Crippen LogP contribution in [0.3, 0.4) is 0 Å². The van der Waals surface area contributed by atoms with E-state index in [1.165, 1.54) is 7.11 Å².